The van der Waals surface area contributed by atoms with E-state index in [1.165, 1.54) is 20.1 Å². The molecule has 0 radical (unpaired) electrons. The highest BCUT2D eigenvalue weighted by Gasteiger charge is 1.92. The zero-order chi connectivity index (χ0) is 13.4. The lowest BCUT2D eigenvalue weighted by molar-refractivity contribution is 1.13. The maximum Gasteiger partial charge on any atom is 0.0294 e. The first-order chi connectivity index (χ1) is 8.69. The molecule has 0 aliphatic rings. The van der Waals surface area contributed by atoms with Crippen LogP contribution in [0.4, 0.5) is 0 Å². The summed E-state index contributed by atoms with van der Waals surface area (Å²) < 4.78 is 2.38. The van der Waals surface area contributed by atoms with E-state index in [1.807, 2.05) is 24.3 Å². The molecule has 0 aliphatic carbocycles. The lowest BCUT2D eigenvalue weighted by atomic mass is 10.2. The summed E-state index contributed by atoms with van der Waals surface area (Å²) in [5, 5.41) is 0.911. The van der Waals surface area contributed by atoms with Crippen LogP contribution in [0.15, 0.2) is 57.5 Å². The molecule has 0 bridgehead atoms. The van der Waals surface area contributed by atoms with Crippen LogP contribution in [-0.4, -0.2) is 0 Å². The van der Waals surface area contributed by atoms with Crippen molar-refractivity contribution in [2.24, 2.45) is 0 Å². The molecule has 3 heteroatoms. The second-order valence-corrected chi connectivity index (χ2v) is 5.94. The Kier molecular flexibility index (Phi) is 7.87. The molecular formula is C15H15Br3. The fourth-order valence-corrected chi connectivity index (χ4v) is 3.25. The average molecular weight is 435 g/mol. The smallest absolute Gasteiger partial charge is 0.0294 e. The van der Waals surface area contributed by atoms with Crippen molar-refractivity contribution in [3.05, 3.63) is 68.6 Å². The van der Waals surface area contributed by atoms with E-state index in [1.54, 1.807) is 0 Å². The third kappa shape index (κ3) is 5.25. The largest absolute Gasteiger partial charge is 0.0876 e. The van der Waals surface area contributed by atoms with Gasteiger partial charge in [-0.2, -0.15) is 0 Å². The summed E-state index contributed by atoms with van der Waals surface area (Å²) in [6, 6.07) is 16.4. The minimum absolute atomic E-state index is 0.911. The highest BCUT2D eigenvalue weighted by atomic mass is 79.9. The summed E-state index contributed by atoms with van der Waals surface area (Å²) in [5.41, 5.74) is 2.66. The Labute approximate surface area is 134 Å². The van der Waals surface area contributed by atoms with Crippen molar-refractivity contribution < 1.29 is 0 Å². The fourth-order valence-electron chi connectivity index (χ4n) is 1.39. The third-order valence-electron chi connectivity index (χ3n) is 2.44. The van der Waals surface area contributed by atoms with E-state index in [9.17, 15) is 0 Å². The molecule has 18 heavy (non-hydrogen) atoms. The van der Waals surface area contributed by atoms with Gasteiger partial charge in [0.1, 0.15) is 0 Å². The second kappa shape index (κ2) is 8.89. The summed E-state index contributed by atoms with van der Waals surface area (Å²) in [6.45, 7) is 2.15. The van der Waals surface area contributed by atoms with Crippen LogP contribution in [0.1, 0.15) is 18.1 Å². The Bertz CT molecular complexity index is 435. The monoisotopic (exact) mass is 432 g/mol. The van der Waals surface area contributed by atoms with Gasteiger partial charge in [0, 0.05) is 14.3 Å². The van der Waals surface area contributed by atoms with Gasteiger partial charge < -0.3 is 0 Å². The van der Waals surface area contributed by atoms with E-state index in [4.69, 9.17) is 0 Å². The SMILES string of the molecule is BrCc1ccccc1Br.CCc1ccccc1Br. The first kappa shape index (κ1) is 15.9. The Balaban J connectivity index is 0.000000180. The van der Waals surface area contributed by atoms with Crippen molar-refractivity contribution in [2.45, 2.75) is 18.7 Å². The zero-order valence-electron chi connectivity index (χ0n) is 10.2. The predicted octanol–water partition coefficient (Wildman–Crippen LogP) is 6.36. The Hall–Kier alpha value is -0.120. The van der Waals surface area contributed by atoms with Crippen LogP contribution in [-0.2, 0) is 11.8 Å². The number of halogens is 3. The normalized spacial score (nSPS) is 9.56. The number of alkyl halides is 1. The molecule has 0 atom stereocenters. The Morgan fingerprint density at radius 1 is 0.778 bits per heavy atom. The van der Waals surface area contributed by atoms with Gasteiger partial charge in [0.2, 0.25) is 0 Å². The molecule has 0 aliphatic heterocycles. The van der Waals surface area contributed by atoms with Crippen molar-refractivity contribution in [1.29, 1.82) is 0 Å². The lowest BCUT2D eigenvalue weighted by Gasteiger charge is -1.96. The fraction of sp³-hybridized carbons (Fsp3) is 0.200. The number of benzene rings is 2. The van der Waals surface area contributed by atoms with Crippen molar-refractivity contribution >= 4 is 47.8 Å². The van der Waals surface area contributed by atoms with Gasteiger partial charge in [0.05, 0.1) is 0 Å². The maximum atomic E-state index is 3.46. The number of aryl methyl sites for hydroxylation is 1. The van der Waals surface area contributed by atoms with E-state index in [0.29, 0.717) is 0 Å². The molecule has 0 unspecified atom stereocenters. The standard InChI is InChI=1S/C8H9Br.C7H6Br2/c1-2-7-5-3-4-6-8(7)9;8-5-6-3-1-2-4-7(6)9/h3-6H,2H2,1H3;1-4H,5H2. The highest BCUT2D eigenvalue weighted by Crippen LogP contribution is 2.17. The molecule has 96 valence electrons. The van der Waals surface area contributed by atoms with Gasteiger partial charge in [-0.3, -0.25) is 0 Å². The van der Waals surface area contributed by atoms with E-state index in [-0.39, 0.29) is 0 Å². The number of hydrogen-bond acceptors (Lipinski definition) is 0. The van der Waals surface area contributed by atoms with Crippen LogP contribution >= 0.6 is 47.8 Å². The van der Waals surface area contributed by atoms with Gasteiger partial charge in [0.15, 0.2) is 0 Å². The minimum atomic E-state index is 0.911. The molecule has 2 aromatic rings. The van der Waals surface area contributed by atoms with Crippen LogP contribution in [0.5, 0.6) is 0 Å². The summed E-state index contributed by atoms with van der Waals surface area (Å²) >= 11 is 10.3. The molecule has 2 rings (SSSR count). The molecule has 0 amide bonds. The predicted molar refractivity (Wildman–Crippen MR) is 90.3 cm³/mol. The molecule has 0 spiro atoms. The molecule has 0 saturated heterocycles. The van der Waals surface area contributed by atoms with Gasteiger partial charge in [-0.05, 0) is 29.7 Å². The lowest BCUT2D eigenvalue weighted by Crippen LogP contribution is -1.78. The molecule has 0 heterocycles. The van der Waals surface area contributed by atoms with Gasteiger partial charge in [-0.15, -0.1) is 0 Å². The van der Waals surface area contributed by atoms with Gasteiger partial charge in [-0.25, -0.2) is 0 Å². The molecule has 2 aromatic carbocycles. The average Bonchev–Trinajstić information content (AvgIpc) is 2.41. The minimum Gasteiger partial charge on any atom is -0.0876 e. The summed E-state index contributed by atoms with van der Waals surface area (Å²) in [7, 11) is 0. The molecule has 0 saturated carbocycles. The van der Waals surface area contributed by atoms with Gasteiger partial charge in [-0.1, -0.05) is 91.1 Å². The van der Waals surface area contributed by atoms with Crippen molar-refractivity contribution in [1.82, 2.24) is 0 Å². The van der Waals surface area contributed by atoms with Gasteiger partial charge in [0.25, 0.3) is 0 Å². The number of hydrogen-bond donors (Lipinski definition) is 0. The van der Waals surface area contributed by atoms with Crippen LogP contribution < -0.4 is 0 Å². The summed E-state index contributed by atoms with van der Waals surface area (Å²) in [5.74, 6) is 0. The molecule has 0 N–H and O–H groups in total. The van der Waals surface area contributed by atoms with Crippen LogP contribution in [0.3, 0.4) is 0 Å². The molecule has 0 nitrogen and oxygen atoms in total. The van der Waals surface area contributed by atoms with Gasteiger partial charge >= 0.3 is 0 Å². The Morgan fingerprint density at radius 2 is 1.22 bits per heavy atom. The third-order valence-corrected chi connectivity index (χ3v) is 4.59. The quantitative estimate of drug-likeness (QED) is 0.483. The van der Waals surface area contributed by atoms with Crippen molar-refractivity contribution in [3.8, 4) is 0 Å². The van der Waals surface area contributed by atoms with Crippen molar-refractivity contribution in [2.75, 3.05) is 0 Å². The first-order valence-electron chi connectivity index (χ1n) is 5.71. The first-order valence-corrected chi connectivity index (χ1v) is 8.42. The molecule has 0 fully saturated rings. The second-order valence-electron chi connectivity index (χ2n) is 3.67. The summed E-state index contributed by atoms with van der Waals surface area (Å²) in [6.07, 6.45) is 1.10. The van der Waals surface area contributed by atoms with E-state index < -0.39 is 0 Å². The maximum absolute atomic E-state index is 3.46. The van der Waals surface area contributed by atoms with Crippen LogP contribution in [0.25, 0.3) is 0 Å². The van der Waals surface area contributed by atoms with Crippen LogP contribution in [0, 0.1) is 0 Å². The van der Waals surface area contributed by atoms with E-state index in [2.05, 4.69) is 79.0 Å². The zero-order valence-corrected chi connectivity index (χ0v) is 14.9. The van der Waals surface area contributed by atoms with Crippen LogP contribution in [0.2, 0.25) is 0 Å². The Morgan fingerprint density at radius 3 is 1.50 bits per heavy atom. The molecular weight excluding hydrogens is 420 g/mol. The topological polar surface area (TPSA) is 0 Å². The van der Waals surface area contributed by atoms with E-state index in [0.717, 1.165) is 11.8 Å². The van der Waals surface area contributed by atoms with E-state index >= 15 is 0 Å². The number of rotatable bonds is 2. The highest BCUT2D eigenvalue weighted by molar-refractivity contribution is 9.11. The summed E-state index contributed by atoms with van der Waals surface area (Å²) in [4.78, 5) is 0. The molecule has 0 aromatic heterocycles. The van der Waals surface area contributed by atoms with Crippen molar-refractivity contribution in [3.63, 3.8) is 0 Å².